The summed E-state index contributed by atoms with van der Waals surface area (Å²) in [6.45, 7) is 0.744. The number of hydrogen-bond donors (Lipinski definition) is 2. The molecule has 1 aliphatic heterocycles. The number of unbranched alkanes of at least 4 members (excludes halogenated alkanes) is 2. The maximum Gasteiger partial charge on any atom is 0.222 e. The lowest BCUT2D eigenvalue weighted by molar-refractivity contribution is -0.130. The van der Waals surface area contributed by atoms with Gasteiger partial charge in [0.25, 0.3) is 0 Å². The molecule has 0 spiro atoms. The maximum absolute atomic E-state index is 13.9. The van der Waals surface area contributed by atoms with Crippen LogP contribution in [0.25, 0.3) is 11.3 Å². The predicted octanol–water partition coefficient (Wildman–Crippen LogP) is 5.04. The topological polar surface area (TPSA) is 70.4 Å². The molecule has 2 aromatic carbocycles. The molecule has 180 valence electrons. The fourth-order valence-corrected chi connectivity index (χ4v) is 4.37. The molecule has 3 aromatic rings. The number of hydrazine groups is 1. The third kappa shape index (κ3) is 6.52. The van der Waals surface area contributed by atoms with Crippen LogP contribution in [0.4, 0.5) is 4.39 Å². The Hall–Kier alpha value is -3.03. The van der Waals surface area contributed by atoms with Crippen molar-refractivity contribution in [2.24, 2.45) is 0 Å². The van der Waals surface area contributed by atoms with Gasteiger partial charge >= 0.3 is 0 Å². The second-order valence-electron chi connectivity index (χ2n) is 8.95. The Labute approximate surface area is 200 Å². The Morgan fingerprint density at radius 3 is 2.71 bits per heavy atom. The molecule has 4 rings (SSSR count). The van der Waals surface area contributed by atoms with Gasteiger partial charge in [-0.2, -0.15) is 0 Å². The van der Waals surface area contributed by atoms with Gasteiger partial charge in [-0.1, -0.05) is 55.3 Å². The smallest absolute Gasteiger partial charge is 0.222 e. The molecule has 0 aliphatic carbocycles. The highest BCUT2D eigenvalue weighted by atomic mass is 19.1. The van der Waals surface area contributed by atoms with Crippen LogP contribution < -0.4 is 10.9 Å². The zero-order chi connectivity index (χ0) is 23.8. The van der Waals surface area contributed by atoms with Crippen LogP contribution in [0.3, 0.4) is 0 Å². The van der Waals surface area contributed by atoms with Crippen molar-refractivity contribution >= 4 is 5.91 Å². The molecular formula is C27H33FN4O2. The van der Waals surface area contributed by atoms with Crippen LogP contribution in [-0.2, 0) is 11.2 Å². The van der Waals surface area contributed by atoms with Crippen molar-refractivity contribution in [2.45, 2.75) is 57.0 Å². The van der Waals surface area contributed by atoms with Crippen molar-refractivity contribution in [3.8, 4) is 11.3 Å². The van der Waals surface area contributed by atoms with Crippen molar-refractivity contribution in [2.75, 3.05) is 13.6 Å². The number of aromatic nitrogens is 1. The highest BCUT2D eigenvalue weighted by Crippen LogP contribution is 2.25. The predicted molar refractivity (Wildman–Crippen MR) is 130 cm³/mol. The molecule has 1 saturated heterocycles. The number of rotatable bonds is 11. The number of carbonyl (C=O) groups excluding carboxylic acids is 1. The zero-order valence-electron chi connectivity index (χ0n) is 19.7. The SMILES string of the molecule is CN(CCCCCC1CC(c2ccccc2)NN1)C(=O)CCc1ncc(-c2ccccc2F)o1. The molecule has 2 unspecified atom stereocenters. The minimum Gasteiger partial charge on any atom is -0.441 e. The van der Waals surface area contributed by atoms with Gasteiger partial charge in [-0.25, -0.2) is 9.37 Å². The van der Waals surface area contributed by atoms with E-state index in [4.69, 9.17) is 4.42 Å². The van der Waals surface area contributed by atoms with Crippen LogP contribution in [0.15, 0.2) is 65.2 Å². The first kappa shape index (κ1) is 24.1. The minimum atomic E-state index is -0.350. The average molecular weight is 465 g/mol. The van der Waals surface area contributed by atoms with E-state index >= 15 is 0 Å². The number of nitrogens with zero attached hydrogens (tertiary/aromatic N) is 2. The monoisotopic (exact) mass is 464 g/mol. The number of carbonyl (C=O) groups is 1. The Morgan fingerprint density at radius 2 is 1.88 bits per heavy atom. The highest BCUT2D eigenvalue weighted by molar-refractivity contribution is 5.76. The normalized spacial score (nSPS) is 17.7. The van der Waals surface area contributed by atoms with Crippen LogP contribution in [0.2, 0.25) is 0 Å². The third-order valence-corrected chi connectivity index (χ3v) is 6.40. The molecule has 1 aromatic heterocycles. The van der Waals surface area contributed by atoms with Crippen LogP contribution in [-0.4, -0.2) is 35.4 Å². The quantitative estimate of drug-likeness (QED) is 0.389. The van der Waals surface area contributed by atoms with Gasteiger partial charge in [0.05, 0.1) is 11.8 Å². The number of aryl methyl sites for hydroxylation is 1. The molecule has 1 amide bonds. The summed E-state index contributed by atoms with van der Waals surface area (Å²) < 4.78 is 19.5. The van der Waals surface area contributed by atoms with Crippen molar-refractivity contribution in [1.29, 1.82) is 0 Å². The van der Waals surface area contributed by atoms with E-state index in [1.165, 1.54) is 17.8 Å². The van der Waals surface area contributed by atoms with Crippen molar-refractivity contribution in [3.05, 3.63) is 78.1 Å². The molecule has 1 fully saturated rings. The van der Waals surface area contributed by atoms with E-state index in [9.17, 15) is 9.18 Å². The molecule has 0 saturated carbocycles. The van der Waals surface area contributed by atoms with Gasteiger partial charge in [-0.05, 0) is 37.0 Å². The molecule has 0 radical (unpaired) electrons. The molecule has 34 heavy (non-hydrogen) atoms. The Bertz CT molecular complexity index is 1060. The molecule has 7 heteroatoms. The summed E-state index contributed by atoms with van der Waals surface area (Å²) in [6, 6.07) is 17.8. The summed E-state index contributed by atoms with van der Waals surface area (Å²) in [5.74, 6) is 0.553. The molecule has 0 bridgehead atoms. The second kappa shape index (κ2) is 11.9. The van der Waals surface area contributed by atoms with Crippen molar-refractivity contribution < 1.29 is 13.6 Å². The minimum absolute atomic E-state index is 0.0676. The van der Waals surface area contributed by atoms with Crippen molar-refractivity contribution in [1.82, 2.24) is 20.7 Å². The standard InChI is InChI=1S/C27H33FN4O2/c1-32(17-9-3-6-12-21-18-24(31-30-21)20-10-4-2-5-11-20)27(33)16-15-26-29-19-25(34-26)22-13-7-8-14-23(22)28/h2,4-5,7-8,10-11,13-14,19,21,24,30-31H,3,6,9,12,15-18H2,1H3. The summed E-state index contributed by atoms with van der Waals surface area (Å²) >= 11 is 0. The van der Waals surface area contributed by atoms with Crippen molar-refractivity contribution in [3.63, 3.8) is 0 Å². The number of benzene rings is 2. The lowest BCUT2D eigenvalue weighted by Crippen LogP contribution is -2.30. The second-order valence-corrected chi connectivity index (χ2v) is 8.95. The van der Waals surface area contributed by atoms with Gasteiger partial charge in [-0.15, -0.1) is 0 Å². The number of hydrogen-bond acceptors (Lipinski definition) is 5. The fourth-order valence-electron chi connectivity index (χ4n) is 4.37. The van der Waals surface area contributed by atoms with Gasteiger partial charge in [0.2, 0.25) is 5.91 Å². The van der Waals surface area contributed by atoms with E-state index in [0.717, 1.165) is 38.6 Å². The number of halogens is 1. The summed E-state index contributed by atoms with van der Waals surface area (Å²) in [5, 5.41) is 0. The first-order valence-corrected chi connectivity index (χ1v) is 12.1. The van der Waals surface area contributed by atoms with E-state index < -0.39 is 0 Å². The third-order valence-electron chi connectivity index (χ3n) is 6.40. The van der Waals surface area contributed by atoms with E-state index in [0.29, 0.717) is 42.1 Å². The van der Waals surface area contributed by atoms with Crippen LogP contribution in [0.5, 0.6) is 0 Å². The molecule has 2 atom stereocenters. The lowest BCUT2D eigenvalue weighted by atomic mass is 9.99. The van der Waals surface area contributed by atoms with Crippen LogP contribution >= 0.6 is 0 Å². The van der Waals surface area contributed by atoms with Gasteiger partial charge in [0, 0.05) is 38.5 Å². The fraction of sp³-hybridized carbons (Fsp3) is 0.407. The molecule has 2 N–H and O–H groups in total. The van der Waals surface area contributed by atoms with E-state index in [2.05, 4.69) is 40.1 Å². The Balaban J connectivity index is 1.10. The Morgan fingerprint density at radius 1 is 1.09 bits per heavy atom. The van der Waals surface area contributed by atoms with E-state index in [1.807, 2.05) is 13.1 Å². The lowest BCUT2D eigenvalue weighted by Gasteiger charge is -2.17. The molecule has 6 nitrogen and oxygen atoms in total. The number of amides is 1. The van der Waals surface area contributed by atoms with E-state index in [1.54, 1.807) is 23.1 Å². The largest absolute Gasteiger partial charge is 0.441 e. The summed E-state index contributed by atoms with van der Waals surface area (Å²) in [4.78, 5) is 18.4. The first-order valence-electron chi connectivity index (χ1n) is 12.1. The number of nitrogens with one attached hydrogen (secondary N) is 2. The van der Waals surface area contributed by atoms with Gasteiger partial charge in [0.15, 0.2) is 11.7 Å². The van der Waals surface area contributed by atoms with Crippen LogP contribution in [0, 0.1) is 5.82 Å². The average Bonchev–Trinajstić information content (AvgIpc) is 3.53. The molecule has 2 heterocycles. The van der Waals surface area contributed by atoms with Gasteiger partial charge in [-0.3, -0.25) is 15.6 Å². The molecular weight excluding hydrogens is 431 g/mol. The summed E-state index contributed by atoms with van der Waals surface area (Å²) in [6.07, 6.45) is 7.69. The van der Waals surface area contributed by atoms with Crippen LogP contribution in [0.1, 0.15) is 56.0 Å². The van der Waals surface area contributed by atoms with Gasteiger partial charge < -0.3 is 9.32 Å². The summed E-state index contributed by atoms with van der Waals surface area (Å²) in [7, 11) is 1.84. The van der Waals surface area contributed by atoms with E-state index in [-0.39, 0.29) is 11.7 Å². The van der Waals surface area contributed by atoms with Gasteiger partial charge in [0.1, 0.15) is 5.82 Å². The molecule has 1 aliphatic rings. The zero-order valence-corrected chi connectivity index (χ0v) is 19.7. The first-order chi connectivity index (χ1) is 16.6. The number of oxazole rings is 1. The summed E-state index contributed by atoms with van der Waals surface area (Å²) in [5.41, 5.74) is 8.53. The Kier molecular flexibility index (Phi) is 8.44. The maximum atomic E-state index is 13.9. The highest BCUT2D eigenvalue weighted by Gasteiger charge is 2.24.